The van der Waals surface area contributed by atoms with Gasteiger partial charge in [-0.15, -0.1) is 0 Å². The fourth-order valence-electron chi connectivity index (χ4n) is 1.83. The van der Waals surface area contributed by atoms with Gasteiger partial charge in [0.05, 0.1) is 17.9 Å². The molecule has 1 aromatic heterocycles. The summed E-state index contributed by atoms with van der Waals surface area (Å²) >= 11 is 0.485. The average Bonchev–Trinajstić information content (AvgIpc) is 2.54. The first-order chi connectivity index (χ1) is 11.4. The van der Waals surface area contributed by atoms with E-state index >= 15 is 0 Å². The molecule has 0 aliphatic carbocycles. The summed E-state index contributed by atoms with van der Waals surface area (Å²) in [5.41, 5.74) is 0.611. The number of amides is 1. The van der Waals surface area contributed by atoms with Crippen molar-refractivity contribution in [1.82, 2.24) is 4.98 Å². The highest BCUT2D eigenvalue weighted by Crippen LogP contribution is 2.28. The number of alkyl halides is 3. The molecule has 2 rings (SSSR count). The molecule has 0 spiro atoms. The van der Waals surface area contributed by atoms with Gasteiger partial charge in [0.25, 0.3) is 5.91 Å². The summed E-state index contributed by atoms with van der Waals surface area (Å²) in [6, 6.07) is 9.65. The summed E-state index contributed by atoms with van der Waals surface area (Å²) in [6.45, 7) is 2.39. The number of nitrogens with zero attached hydrogens (tertiary/aromatic N) is 1. The van der Waals surface area contributed by atoms with Crippen molar-refractivity contribution in [1.29, 1.82) is 0 Å². The lowest BCUT2D eigenvalue weighted by molar-refractivity contribution is -0.105. The van der Waals surface area contributed by atoms with Crippen molar-refractivity contribution in [2.45, 2.75) is 18.1 Å². The van der Waals surface area contributed by atoms with Crippen molar-refractivity contribution in [3.05, 3.63) is 48.2 Å². The van der Waals surface area contributed by atoms with Crippen LogP contribution in [0.2, 0.25) is 0 Å². The number of rotatable bonds is 6. The number of ether oxygens (including phenoxy) is 1. The molecule has 0 aliphatic heterocycles. The van der Waals surface area contributed by atoms with Gasteiger partial charge in [0.15, 0.2) is 0 Å². The predicted molar refractivity (Wildman–Crippen MR) is 86.6 cm³/mol. The lowest BCUT2D eigenvalue weighted by atomic mass is 10.2. The Morgan fingerprint density at radius 3 is 2.58 bits per heavy atom. The van der Waals surface area contributed by atoms with Crippen LogP contribution in [0.5, 0.6) is 5.75 Å². The first kappa shape index (κ1) is 18.1. The molecule has 0 unspecified atom stereocenters. The van der Waals surface area contributed by atoms with E-state index in [1.165, 1.54) is 18.3 Å². The maximum absolute atomic E-state index is 12.4. The second-order valence-electron chi connectivity index (χ2n) is 4.67. The molecular weight excluding hydrogens is 341 g/mol. The van der Waals surface area contributed by atoms with Crippen molar-refractivity contribution in [2.75, 3.05) is 17.7 Å². The van der Waals surface area contributed by atoms with Crippen molar-refractivity contribution in [3.8, 4) is 5.75 Å². The standard InChI is InChI=1S/C16H15F3N2O2S/c1-2-23-12-7-5-11(6-8-12)21-14(22)13-4-3-9-20-15(13)24-10-16(17,18)19/h3-9H,2,10H2,1H3,(H,21,22). The number of halogens is 3. The van der Waals surface area contributed by atoms with E-state index in [0.717, 1.165) is 0 Å². The Labute approximate surface area is 141 Å². The van der Waals surface area contributed by atoms with Crippen LogP contribution in [-0.4, -0.2) is 29.4 Å². The normalized spacial score (nSPS) is 11.2. The van der Waals surface area contributed by atoms with E-state index in [-0.39, 0.29) is 10.6 Å². The van der Waals surface area contributed by atoms with Gasteiger partial charge in [-0.05, 0) is 43.3 Å². The number of hydrogen-bond donors (Lipinski definition) is 1. The van der Waals surface area contributed by atoms with Gasteiger partial charge in [0, 0.05) is 11.9 Å². The molecule has 1 N–H and O–H groups in total. The summed E-state index contributed by atoms with van der Waals surface area (Å²) in [7, 11) is 0. The number of anilines is 1. The van der Waals surface area contributed by atoms with E-state index in [2.05, 4.69) is 10.3 Å². The number of hydrogen-bond acceptors (Lipinski definition) is 4. The van der Waals surface area contributed by atoms with Crippen LogP contribution < -0.4 is 10.1 Å². The Bertz CT molecular complexity index is 690. The Hall–Kier alpha value is -2.22. The quantitative estimate of drug-likeness (QED) is 0.780. The van der Waals surface area contributed by atoms with Gasteiger partial charge in [-0.3, -0.25) is 4.79 Å². The predicted octanol–water partition coefficient (Wildman–Crippen LogP) is 4.39. The molecule has 1 heterocycles. The van der Waals surface area contributed by atoms with Crippen LogP contribution in [0.3, 0.4) is 0 Å². The molecular formula is C16H15F3N2O2S. The lowest BCUT2D eigenvalue weighted by Gasteiger charge is -2.10. The van der Waals surface area contributed by atoms with Crippen molar-refractivity contribution < 1.29 is 22.7 Å². The van der Waals surface area contributed by atoms with Crippen LogP contribution in [0.25, 0.3) is 0 Å². The fraction of sp³-hybridized carbons (Fsp3) is 0.250. The molecule has 1 aromatic carbocycles. The van der Waals surface area contributed by atoms with Gasteiger partial charge in [-0.2, -0.15) is 13.2 Å². The minimum Gasteiger partial charge on any atom is -0.494 e. The summed E-state index contributed by atoms with van der Waals surface area (Å²) in [5, 5.41) is 2.68. The van der Waals surface area contributed by atoms with Crippen LogP contribution >= 0.6 is 11.8 Å². The Morgan fingerprint density at radius 2 is 1.96 bits per heavy atom. The molecule has 0 bridgehead atoms. The molecule has 0 fully saturated rings. The number of carbonyl (C=O) groups excluding carboxylic acids is 1. The first-order valence-electron chi connectivity index (χ1n) is 7.08. The second-order valence-corrected chi connectivity index (χ2v) is 5.64. The number of nitrogens with one attached hydrogen (secondary N) is 1. The van der Waals surface area contributed by atoms with E-state index in [1.807, 2.05) is 6.92 Å². The minimum atomic E-state index is -4.33. The highest BCUT2D eigenvalue weighted by atomic mass is 32.2. The van der Waals surface area contributed by atoms with E-state index in [1.54, 1.807) is 24.3 Å². The molecule has 128 valence electrons. The summed E-state index contributed by atoms with van der Waals surface area (Å²) in [5.74, 6) is -0.955. The fourth-order valence-corrected chi connectivity index (χ4v) is 2.58. The Balaban J connectivity index is 2.09. The molecule has 24 heavy (non-hydrogen) atoms. The first-order valence-corrected chi connectivity index (χ1v) is 8.06. The molecule has 1 amide bonds. The van der Waals surface area contributed by atoms with Gasteiger partial charge in [0.1, 0.15) is 10.8 Å². The van der Waals surface area contributed by atoms with Gasteiger partial charge < -0.3 is 10.1 Å². The zero-order valence-electron chi connectivity index (χ0n) is 12.8. The van der Waals surface area contributed by atoms with Crippen molar-refractivity contribution in [3.63, 3.8) is 0 Å². The van der Waals surface area contributed by atoms with E-state index < -0.39 is 17.8 Å². The number of pyridine rings is 1. The zero-order valence-corrected chi connectivity index (χ0v) is 13.6. The third kappa shape index (κ3) is 5.45. The topological polar surface area (TPSA) is 51.2 Å². The lowest BCUT2D eigenvalue weighted by Crippen LogP contribution is -2.15. The van der Waals surface area contributed by atoms with Gasteiger partial charge in [0.2, 0.25) is 0 Å². The third-order valence-electron chi connectivity index (χ3n) is 2.81. The minimum absolute atomic E-state index is 0.0401. The molecule has 0 saturated carbocycles. The SMILES string of the molecule is CCOc1ccc(NC(=O)c2cccnc2SCC(F)(F)F)cc1. The smallest absolute Gasteiger partial charge is 0.398 e. The summed E-state index contributed by atoms with van der Waals surface area (Å²) < 4.78 is 42.4. The van der Waals surface area contributed by atoms with Crippen LogP contribution in [0, 0.1) is 0 Å². The number of benzene rings is 1. The van der Waals surface area contributed by atoms with Crippen LogP contribution in [-0.2, 0) is 0 Å². The van der Waals surface area contributed by atoms with Gasteiger partial charge in [-0.1, -0.05) is 11.8 Å². The van der Waals surface area contributed by atoms with Crippen molar-refractivity contribution in [2.24, 2.45) is 0 Å². The number of aromatic nitrogens is 1. The van der Waals surface area contributed by atoms with E-state index in [9.17, 15) is 18.0 Å². The molecule has 0 aliphatic rings. The molecule has 0 radical (unpaired) electrons. The van der Waals surface area contributed by atoms with Crippen LogP contribution in [0.4, 0.5) is 18.9 Å². The highest BCUT2D eigenvalue weighted by molar-refractivity contribution is 7.99. The molecule has 0 saturated heterocycles. The zero-order chi connectivity index (χ0) is 17.6. The third-order valence-corrected chi connectivity index (χ3v) is 3.88. The molecule has 4 nitrogen and oxygen atoms in total. The highest BCUT2D eigenvalue weighted by Gasteiger charge is 2.28. The average molecular weight is 356 g/mol. The Morgan fingerprint density at radius 1 is 1.25 bits per heavy atom. The van der Waals surface area contributed by atoms with Crippen LogP contribution in [0.1, 0.15) is 17.3 Å². The van der Waals surface area contributed by atoms with Gasteiger partial charge in [-0.25, -0.2) is 4.98 Å². The number of thioether (sulfide) groups is 1. The van der Waals surface area contributed by atoms with E-state index in [4.69, 9.17) is 4.74 Å². The maximum Gasteiger partial charge on any atom is 0.398 e. The number of carbonyl (C=O) groups is 1. The Kier molecular flexibility index (Phi) is 6.08. The maximum atomic E-state index is 12.4. The molecule has 8 heteroatoms. The molecule has 2 aromatic rings. The molecule has 0 atom stereocenters. The largest absolute Gasteiger partial charge is 0.494 e. The van der Waals surface area contributed by atoms with Crippen LogP contribution in [0.15, 0.2) is 47.6 Å². The van der Waals surface area contributed by atoms with Crippen molar-refractivity contribution >= 4 is 23.4 Å². The monoisotopic (exact) mass is 356 g/mol. The second kappa shape index (κ2) is 8.05. The summed E-state index contributed by atoms with van der Waals surface area (Å²) in [4.78, 5) is 16.2. The van der Waals surface area contributed by atoms with Gasteiger partial charge >= 0.3 is 6.18 Å². The van der Waals surface area contributed by atoms with E-state index in [0.29, 0.717) is 29.8 Å². The summed E-state index contributed by atoms with van der Waals surface area (Å²) in [6.07, 6.45) is -2.97.